The average molecular weight is 333 g/mol. The minimum atomic E-state index is -0.716. The third-order valence-electron chi connectivity index (χ3n) is 4.83. The highest BCUT2D eigenvalue weighted by Gasteiger charge is 2.52. The SMILES string of the molecule is Cc1ccc(C(C)NC(=O)CCN2C(=O)NC3(CCCC3)C2=O)o1. The van der Waals surface area contributed by atoms with Gasteiger partial charge in [0.05, 0.1) is 6.04 Å². The first-order valence-electron chi connectivity index (χ1n) is 8.41. The number of hydrogen-bond acceptors (Lipinski definition) is 4. The van der Waals surface area contributed by atoms with E-state index in [0.717, 1.165) is 18.6 Å². The number of urea groups is 1. The second-order valence-electron chi connectivity index (χ2n) is 6.66. The van der Waals surface area contributed by atoms with Crippen LogP contribution in [0.25, 0.3) is 0 Å². The van der Waals surface area contributed by atoms with Crippen LogP contribution in [0.1, 0.15) is 56.6 Å². The molecule has 1 aliphatic heterocycles. The second-order valence-corrected chi connectivity index (χ2v) is 6.66. The van der Waals surface area contributed by atoms with Gasteiger partial charge in [-0.3, -0.25) is 14.5 Å². The Balaban J connectivity index is 1.53. The van der Waals surface area contributed by atoms with E-state index in [1.807, 2.05) is 26.0 Å². The molecule has 0 radical (unpaired) electrons. The van der Waals surface area contributed by atoms with Crippen molar-refractivity contribution in [3.05, 3.63) is 23.7 Å². The Kier molecular flexibility index (Phi) is 4.34. The van der Waals surface area contributed by atoms with Gasteiger partial charge in [0.1, 0.15) is 17.1 Å². The van der Waals surface area contributed by atoms with Crippen molar-refractivity contribution in [1.29, 1.82) is 0 Å². The van der Waals surface area contributed by atoms with Crippen molar-refractivity contribution in [2.45, 2.75) is 57.5 Å². The molecule has 0 aromatic carbocycles. The van der Waals surface area contributed by atoms with Crippen LogP contribution in [0, 0.1) is 6.92 Å². The normalized spacial score (nSPS) is 20.5. The molecule has 1 aromatic heterocycles. The lowest BCUT2D eigenvalue weighted by molar-refractivity contribution is -0.131. The average Bonchev–Trinajstić information content (AvgIpc) is 3.21. The monoisotopic (exact) mass is 333 g/mol. The molecule has 1 saturated heterocycles. The highest BCUT2D eigenvalue weighted by molar-refractivity contribution is 6.07. The van der Waals surface area contributed by atoms with Crippen LogP contribution in [0.2, 0.25) is 0 Å². The van der Waals surface area contributed by atoms with Gasteiger partial charge >= 0.3 is 6.03 Å². The first-order valence-corrected chi connectivity index (χ1v) is 8.41. The summed E-state index contributed by atoms with van der Waals surface area (Å²) < 4.78 is 5.48. The lowest BCUT2D eigenvalue weighted by atomic mass is 9.98. The zero-order valence-corrected chi connectivity index (χ0v) is 14.1. The summed E-state index contributed by atoms with van der Waals surface area (Å²) in [5.41, 5.74) is -0.716. The second kappa shape index (κ2) is 6.30. The zero-order chi connectivity index (χ0) is 17.3. The number of imide groups is 1. The third-order valence-corrected chi connectivity index (χ3v) is 4.83. The molecule has 1 unspecified atom stereocenters. The van der Waals surface area contributed by atoms with Crippen LogP contribution in [-0.2, 0) is 9.59 Å². The molecule has 2 heterocycles. The molecular formula is C17H23N3O4. The van der Waals surface area contributed by atoms with Gasteiger partial charge in [0.15, 0.2) is 0 Å². The summed E-state index contributed by atoms with van der Waals surface area (Å²) >= 11 is 0. The topological polar surface area (TPSA) is 91.7 Å². The van der Waals surface area contributed by atoms with Crippen LogP contribution in [0.3, 0.4) is 0 Å². The summed E-state index contributed by atoms with van der Waals surface area (Å²) in [6, 6.07) is 3.02. The maximum Gasteiger partial charge on any atom is 0.325 e. The van der Waals surface area contributed by atoms with Gasteiger partial charge in [0, 0.05) is 13.0 Å². The lowest BCUT2D eigenvalue weighted by Gasteiger charge is -2.20. The molecule has 7 nitrogen and oxygen atoms in total. The van der Waals surface area contributed by atoms with Crippen LogP contribution in [0.4, 0.5) is 4.79 Å². The van der Waals surface area contributed by atoms with E-state index < -0.39 is 5.54 Å². The van der Waals surface area contributed by atoms with E-state index in [2.05, 4.69) is 10.6 Å². The van der Waals surface area contributed by atoms with Crippen LogP contribution >= 0.6 is 0 Å². The van der Waals surface area contributed by atoms with Crippen LogP contribution in [-0.4, -0.2) is 34.8 Å². The summed E-state index contributed by atoms with van der Waals surface area (Å²) in [5.74, 6) is 1.06. The maximum atomic E-state index is 12.5. The van der Waals surface area contributed by atoms with Gasteiger partial charge in [-0.15, -0.1) is 0 Å². The zero-order valence-electron chi connectivity index (χ0n) is 14.1. The molecule has 2 aliphatic rings. The lowest BCUT2D eigenvalue weighted by Crippen LogP contribution is -2.44. The Morgan fingerprint density at radius 2 is 2.08 bits per heavy atom. The van der Waals surface area contributed by atoms with E-state index in [9.17, 15) is 14.4 Å². The number of hydrogen-bond donors (Lipinski definition) is 2. The molecule has 1 aliphatic carbocycles. The highest BCUT2D eigenvalue weighted by atomic mass is 16.3. The fourth-order valence-electron chi connectivity index (χ4n) is 3.48. The van der Waals surface area contributed by atoms with Crippen molar-refractivity contribution < 1.29 is 18.8 Å². The number of nitrogens with zero attached hydrogens (tertiary/aromatic N) is 1. The summed E-state index contributed by atoms with van der Waals surface area (Å²) in [6.07, 6.45) is 3.35. The molecule has 2 fully saturated rings. The van der Waals surface area contributed by atoms with E-state index in [1.165, 1.54) is 4.90 Å². The predicted octanol–water partition coefficient (Wildman–Crippen LogP) is 2.02. The molecule has 2 N–H and O–H groups in total. The van der Waals surface area contributed by atoms with Crippen molar-refractivity contribution in [1.82, 2.24) is 15.5 Å². The van der Waals surface area contributed by atoms with Gasteiger partial charge in [-0.25, -0.2) is 4.79 Å². The fourth-order valence-corrected chi connectivity index (χ4v) is 3.48. The molecule has 0 bridgehead atoms. The number of rotatable bonds is 5. The minimum absolute atomic E-state index is 0.0826. The van der Waals surface area contributed by atoms with E-state index >= 15 is 0 Å². The van der Waals surface area contributed by atoms with Crippen LogP contribution in [0.15, 0.2) is 16.5 Å². The van der Waals surface area contributed by atoms with Gasteiger partial charge in [-0.1, -0.05) is 12.8 Å². The standard InChI is InChI=1S/C17H23N3O4/c1-11-5-6-13(24-11)12(2)18-14(21)7-10-20-15(22)17(19-16(20)23)8-3-4-9-17/h5-6,12H,3-4,7-10H2,1-2H3,(H,18,21)(H,19,23). The smallest absolute Gasteiger partial charge is 0.325 e. The molecule has 7 heteroatoms. The Hall–Kier alpha value is -2.31. The molecule has 3 rings (SSSR count). The molecule has 130 valence electrons. The molecular weight excluding hydrogens is 310 g/mol. The quantitative estimate of drug-likeness (QED) is 0.807. The Morgan fingerprint density at radius 3 is 2.71 bits per heavy atom. The summed E-state index contributed by atoms with van der Waals surface area (Å²) in [7, 11) is 0. The first kappa shape index (κ1) is 16.5. The first-order chi connectivity index (χ1) is 11.4. The summed E-state index contributed by atoms with van der Waals surface area (Å²) in [5, 5.41) is 5.63. The maximum absolute atomic E-state index is 12.5. The number of carbonyl (C=O) groups is 3. The van der Waals surface area contributed by atoms with Crippen LogP contribution in [0.5, 0.6) is 0 Å². The third kappa shape index (κ3) is 3.02. The summed E-state index contributed by atoms with van der Waals surface area (Å²) in [4.78, 5) is 37.8. The van der Waals surface area contributed by atoms with Crippen molar-refractivity contribution in [3.8, 4) is 0 Å². The van der Waals surface area contributed by atoms with Crippen LogP contribution < -0.4 is 10.6 Å². The van der Waals surface area contributed by atoms with Gasteiger partial charge in [-0.05, 0) is 38.8 Å². The van der Waals surface area contributed by atoms with Crippen molar-refractivity contribution >= 4 is 17.8 Å². The van der Waals surface area contributed by atoms with E-state index in [4.69, 9.17) is 4.42 Å². The largest absolute Gasteiger partial charge is 0.464 e. The Bertz CT molecular complexity index is 661. The van der Waals surface area contributed by atoms with E-state index in [-0.39, 0.29) is 36.9 Å². The molecule has 1 saturated carbocycles. The highest BCUT2D eigenvalue weighted by Crippen LogP contribution is 2.35. The van der Waals surface area contributed by atoms with Gasteiger partial charge in [0.2, 0.25) is 5.91 Å². The summed E-state index contributed by atoms with van der Waals surface area (Å²) in [6.45, 7) is 3.77. The minimum Gasteiger partial charge on any atom is -0.464 e. The molecule has 1 aromatic rings. The Labute approximate surface area is 140 Å². The van der Waals surface area contributed by atoms with E-state index in [0.29, 0.717) is 18.6 Å². The fraction of sp³-hybridized carbons (Fsp3) is 0.588. The molecule has 1 atom stereocenters. The van der Waals surface area contributed by atoms with Crippen molar-refractivity contribution in [2.75, 3.05) is 6.54 Å². The number of amides is 4. The van der Waals surface area contributed by atoms with Crippen molar-refractivity contribution in [2.24, 2.45) is 0 Å². The molecule has 4 amide bonds. The number of carbonyl (C=O) groups excluding carboxylic acids is 3. The number of furan rings is 1. The predicted molar refractivity (Wildman–Crippen MR) is 86.1 cm³/mol. The van der Waals surface area contributed by atoms with Gasteiger partial charge in [-0.2, -0.15) is 0 Å². The van der Waals surface area contributed by atoms with Crippen molar-refractivity contribution in [3.63, 3.8) is 0 Å². The van der Waals surface area contributed by atoms with Gasteiger partial charge in [0.25, 0.3) is 5.91 Å². The van der Waals surface area contributed by atoms with Gasteiger partial charge < -0.3 is 15.1 Å². The van der Waals surface area contributed by atoms with E-state index in [1.54, 1.807) is 0 Å². The number of nitrogens with one attached hydrogen (secondary N) is 2. The Morgan fingerprint density at radius 1 is 1.38 bits per heavy atom. The molecule has 24 heavy (non-hydrogen) atoms. The number of aryl methyl sites for hydroxylation is 1. The molecule has 1 spiro atoms.